The van der Waals surface area contributed by atoms with Gasteiger partial charge in [0.1, 0.15) is 5.75 Å². The molecule has 0 unspecified atom stereocenters. The van der Waals surface area contributed by atoms with Crippen molar-refractivity contribution in [2.45, 2.75) is 31.7 Å². The Morgan fingerprint density at radius 2 is 1.78 bits per heavy atom. The molecule has 2 aromatic carbocycles. The number of aromatic hydroxyl groups is 1. The molecule has 0 saturated carbocycles. The Bertz CT molecular complexity index is 614. The summed E-state index contributed by atoms with van der Waals surface area (Å²) in [6.45, 7) is 0.720. The SMILES string of the molecule is NC(=O)[C@@H](CCc1ccccc1)NCCCc1cccc(O)c1. The van der Waals surface area contributed by atoms with Crippen molar-refractivity contribution in [1.29, 1.82) is 0 Å². The van der Waals surface area contributed by atoms with E-state index in [4.69, 9.17) is 5.73 Å². The number of carbonyl (C=O) groups is 1. The zero-order valence-electron chi connectivity index (χ0n) is 13.2. The molecule has 0 aliphatic heterocycles. The highest BCUT2D eigenvalue weighted by molar-refractivity contribution is 5.79. The number of carbonyl (C=O) groups excluding carboxylic acids is 1. The van der Waals surface area contributed by atoms with Gasteiger partial charge in [-0.3, -0.25) is 4.79 Å². The molecule has 4 nitrogen and oxygen atoms in total. The summed E-state index contributed by atoms with van der Waals surface area (Å²) in [6.07, 6.45) is 3.27. The highest BCUT2D eigenvalue weighted by atomic mass is 16.3. The Hall–Kier alpha value is -2.33. The molecule has 0 aromatic heterocycles. The topological polar surface area (TPSA) is 75.4 Å². The third-order valence-corrected chi connectivity index (χ3v) is 3.85. The fraction of sp³-hybridized carbons (Fsp3) is 0.316. The number of amides is 1. The summed E-state index contributed by atoms with van der Waals surface area (Å²) in [4.78, 5) is 11.6. The summed E-state index contributed by atoms with van der Waals surface area (Å²) in [5.41, 5.74) is 7.78. The maximum absolute atomic E-state index is 11.6. The molecule has 2 rings (SSSR count). The maximum atomic E-state index is 11.6. The number of rotatable bonds is 9. The zero-order valence-corrected chi connectivity index (χ0v) is 13.2. The molecular weight excluding hydrogens is 288 g/mol. The zero-order chi connectivity index (χ0) is 16.5. The predicted molar refractivity (Wildman–Crippen MR) is 92.2 cm³/mol. The Balaban J connectivity index is 1.73. The van der Waals surface area contributed by atoms with Gasteiger partial charge in [0.25, 0.3) is 0 Å². The molecule has 0 saturated heterocycles. The third-order valence-electron chi connectivity index (χ3n) is 3.85. The van der Waals surface area contributed by atoms with E-state index in [1.54, 1.807) is 12.1 Å². The van der Waals surface area contributed by atoms with Crippen LogP contribution in [0.2, 0.25) is 0 Å². The molecule has 0 bridgehead atoms. The fourth-order valence-corrected chi connectivity index (χ4v) is 2.58. The van der Waals surface area contributed by atoms with Gasteiger partial charge in [-0.1, -0.05) is 42.5 Å². The van der Waals surface area contributed by atoms with Crippen LogP contribution in [0.1, 0.15) is 24.0 Å². The Kier molecular flexibility index (Phi) is 6.63. The monoisotopic (exact) mass is 312 g/mol. The lowest BCUT2D eigenvalue weighted by Gasteiger charge is -2.15. The Morgan fingerprint density at radius 1 is 1.04 bits per heavy atom. The van der Waals surface area contributed by atoms with Crippen LogP contribution in [0.25, 0.3) is 0 Å². The van der Waals surface area contributed by atoms with Gasteiger partial charge in [-0.15, -0.1) is 0 Å². The molecular formula is C19H24N2O2. The normalized spacial score (nSPS) is 12.0. The lowest BCUT2D eigenvalue weighted by molar-refractivity contribution is -0.120. The van der Waals surface area contributed by atoms with Crippen molar-refractivity contribution in [1.82, 2.24) is 5.32 Å². The number of hydrogen-bond donors (Lipinski definition) is 3. The molecule has 0 spiro atoms. The number of hydrogen-bond acceptors (Lipinski definition) is 3. The summed E-state index contributed by atoms with van der Waals surface area (Å²) in [5.74, 6) is -0.0216. The van der Waals surface area contributed by atoms with Crippen LogP contribution in [0.15, 0.2) is 54.6 Å². The van der Waals surface area contributed by atoms with Crippen LogP contribution in [-0.2, 0) is 17.6 Å². The first-order valence-electron chi connectivity index (χ1n) is 7.99. The van der Waals surface area contributed by atoms with Gasteiger partial charge in [0, 0.05) is 0 Å². The van der Waals surface area contributed by atoms with E-state index in [1.807, 2.05) is 30.3 Å². The molecule has 0 aliphatic carbocycles. The van der Waals surface area contributed by atoms with Gasteiger partial charge >= 0.3 is 0 Å². The van der Waals surface area contributed by atoms with E-state index in [0.29, 0.717) is 6.42 Å². The Labute approximate surface area is 137 Å². The van der Waals surface area contributed by atoms with Crippen molar-refractivity contribution in [3.8, 4) is 5.75 Å². The summed E-state index contributed by atoms with van der Waals surface area (Å²) in [6, 6.07) is 17.0. The predicted octanol–water partition coefficient (Wildman–Crippen LogP) is 2.40. The summed E-state index contributed by atoms with van der Waals surface area (Å²) >= 11 is 0. The van der Waals surface area contributed by atoms with Crippen LogP contribution in [-0.4, -0.2) is 23.6 Å². The van der Waals surface area contributed by atoms with Gasteiger partial charge < -0.3 is 16.2 Å². The molecule has 1 atom stereocenters. The molecule has 0 fully saturated rings. The van der Waals surface area contributed by atoms with E-state index < -0.39 is 0 Å². The second kappa shape index (κ2) is 8.96. The highest BCUT2D eigenvalue weighted by Crippen LogP contribution is 2.12. The second-order valence-corrected chi connectivity index (χ2v) is 5.71. The maximum Gasteiger partial charge on any atom is 0.234 e. The van der Waals surface area contributed by atoms with E-state index in [0.717, 1.165) is 31.4 Å². The van der Waals surface area contributed by atoms with Gasteiger partial charge in [-0.05, 0) is 55.5 Å². The largest absolute Gasteiger partial charge is 0.508 e. The molecule has 1 amide bonds. The van der Waals surface area contributed by atoms with Gasteiger partial charge in [0.2, 0.25) is 5.91 Å². The number of nitrogens with two attached hydrogens (primary N) is 1. The fourth-order valence-electron chi connectivity index (χ4n) is 2.58. The first-order valence-corrected chi connectivity index (χ1v) is 7.99. The lowest BCUT2D eigenvalue weighted by atomic mass is 10.0. The number of aryl methyl sites for hydroxylation is 2. The van der Waals surface area contributed by atoms with Crippen molar-refractivity contribution in [2.24, 2.45) is 5.73 Å². The number of benzene rings is 2. The highest BCUT2D eigenvalue weighted by Gasteiger charge is 2.14. The van der Waals surface area contributed by atoms with E-state index in [-0.39, 0.29) is 17.7 Å². The molecule has 0 heterocycles. The quantitative estimate of drug-likeness (QED) is 0.622. The van der Waals surface area contributed by atoms with Crippen molar-refractivity contribution >= 4 is 5.91 Å². The van der Waals surface area contributed by atoms with Crippen LogP contribution in [0.3, 0.4) is 0 Å². The van der Waals surface area contributed by atoms with Crippen LogP contribution < -0.4 is 11.1 Å². The number of nitrogens with one attached hydrogen (secondary N) is 1. The van der Waals surface area contributed by atoms with E-state index >= 15 is 0 Å². The summed E-state index contributed by atoms with van der Waals surface area (Å²) < 4.78 is 0. The molecule has 0 aliphatic rings. The molecule has 122 valence electrons. The van der Waals surface area contributed by atoms with Crippen LogP contribution >= 0.6 is 0 Å². The van der Waals surface area contributed by atoms with Crippen molar-refractivity contribution in [3.05, 3.63) is 65.7 Å². The number of phenolic OH excluding ortho intramolecular Hbond substituents is 1. The van der Waals surface area contributed by atoms with E-state index in [2.05, 4.69) is 17.4 Å². The Morgan fingerprint density at radius 3 is 2.48 bits per heavy atom. The first kappa shape index (κ1) is 17.0. The van der Waals surface area contributed by atoms with Gasteiger partial charge in [-0.25, -0.2) is 0 Å². The molecule has 2 aromatic rings. The van der Waals surface area contributed by atoms with E-state index in [9.17, 15) is 9.90 Å². The van der Waals surface area contributed by atoms with Crippen molar-refractivity contribution < 1.29 is 9.90 Å². The molecule has 4 heteroatoms. The molecule has 4 N–H and O–H groups in total. The van der Waals surface area contributed by atoms with Crippen molar-refractivity contribution in [2.75, 3.05) is 6.54 Å². The van der Waals surface area contributed by atoms with Crippen LogP contribution in [0.5, 0.6) is 5.75 Å². The summed E-state index contributed by atoms with van der Waals surface area (Å²) in [5, 5.41) is 12.7. The van der Waals surface area contributed by atoms with Gasteiger partial charge in [0.15, 0.2) is 0 Å². The van der Waals surface area contributed by atoms with Crippen molar-refractivity contribution in [3.63, 3.8) is 0 Å². The van der Waals surface area contributed by atoms with Crippen LogP contribution in [0, 0.1) is 0 Å². The first-order chi connectivity index (χ1) is 11.1. The average Bonchev–Trinajstić information content (AvgIpc) is 2.55. The molecule has 0 radical (unpaired) electrons. The minimum atomic E-state index is -0.307. The minimum absolute atomic E-state index is 0.285. The standard InChI is InChI=1S/C19H24N2O2/c20-19(23)18(12-11-15-6-2-1-3-7-15)21-13-5-9-16-8-4-10-17(22)14-16/h1-4,6-8,10,14,18,21-22H,5,9,11-13H2,(H2,20,23)/t18-/m1/s1. The lowest BCUT2D eigenvalue weighted by Crippen LogP contribution is -2.42. The van der Waals surface area contributed by atoms with Gasteiger partial charge in [-0.2, -0.15) is 0 Å². The average molecular weight is 312 g/mol. The summed E-state index contributed by atoms with van der Waals surface area (Å²) in [7, 11) is 0. The van der Waals surface area contributed by atoms with Crippen LogP contribution in [0.4, 0.5) is 0 Å². The second-order valence-electron chi connectivity index (χ2n) is 5.71. The smallest absolute Gasteiger partial charge is 0.234 e. The third kappa shape index (κ3) is 6.12. The number of primary amides is 1. The van der Waals surface area contributed by atoms with E-state index in [1.165, 1.54) is 5.56 Å². The molecule has 23 heavy (non-hydrogen) atoms. The number of phenols is 1. The minimum Gasteiger partial charge on any atom is -0.508 e. The van der Waals surface area contributed by atoms with Gasteiger partial charge in [0.05, 0.1) is 6.04 Å².